The van der Waals surface area contributed by atoms with E-state index in [0.717, 1.165) is 53.0 Å². The second-order valence-corrected chi connectivity index (χ2v) is 15.7. The van der Waals surface area contributed by atoms with Crippen molar-refractivity contribution in [2.75, 3.05) is 30.5 Å². The largest absolute Gasteiger partial charge is 0.492 e. The minimum atomic E-state index is -3.60. The van der Waals surface area contributed by atoms with Crippen molar-refractivity contribution in [1.29, 1.82) is 0 Å². The lowest BCUT2D eigenvalue weighted by atomic mass is 9.85. The predicted octanol–water partition coefficient (Wildman–Crippen LogP) is 6.34. The molecule has 2 aromatic heterocycles. The monoisotopic (exact) mass is 675 g/mol. The number of carbonyl (C=O) groups is 1. The highest BCUT2D eigenvalue weighted by molar-refractivity contribution is 7.92. The molecule has 0 saturated carbocycles. The molecule has 1 saturated heterocycles. The number of likely N-dealkylation sites (tertiary alicyclic amines) is 1. The highest BCUT2D eigenvalue weighted by Crippen LogP contribution is 2.41. The minimum absolute atomic E-state index is 0.206. The number of aromatic nitrogens is 3. The maximum atomic E-state index is 13.5. The number of benzene rings is 2. The number of pyridine rings is 1. The first-order valence-electron chi connectivity index (χ1n) is 16.3. The Bertz CT molecular complexity index is 1940. The molecule has 0 bridgehead atoms. The Morgan fingerprint density at radius 3 is 2.38 bits per heavy atom. The van der Waals surface area contributed by atoms with Crippen molar-refractivity contribution < 1.29 is 22.7 Å². The second kappa shape index (κ2) is 12.9. The molecule has 1 aliphatic heterocycles. The van der Waals surface area contributed by atoms with E-state index in [2.05, 4.69) is 44.4 Å². The summed E-state index contributed by atoms with van der Waals surface area (Å²) in [6.07, 6.45) is 6.35. The van der Waals surface area contributed by atoms with E-state index in [1.54, 1.807) is 6.07 Å². The van der Waals surface area contributed by atoms with E-state index in [-0.39, 0.29) is 35.0 Å². The summed E-state index contributed by atoms with van der Waals surface area (Å²) >= 11 is 0. The van der Waals surface area contributed by atoms with E-state index in [4.69, 9.17) is 9.47 Å². The molecular formula is C35H45N7O5S. The van der Waals surface area contributed by atoms with Gasteiger partial charge < -0.3 is 20.1 Å². The smallest absolute Gasteiger partial charge is 0.319 e. The van der Waals surface area contributed by atoms with Crippen LogP contribution < -0.4 is 24.8 Å². The number of nitrogens with zero attached hydrogens (tertiary/aromatic N) is 4. The molecule has 2 aromatic carbocycles. The van der Waals surface area contributed by atoms with Crippen LogP contribution >= 0.6 is 0 Å². The number of anilines is 2. The van der Waals surface area contributed by atoms with Gasteiger partial charge in [-0.1, -0.05) is 45.0 Å². The maximum absolute atomic E-state index is 13.5. The molecular weight excluding hydrogens is 630 g/mol. The second-order valence-electron chi connectivity index (χ2n) is 14.0. The Balaban J connectivity index is 1.21. The van der Waals surface area contributed by atoms with Gasteiger partial charge in [0.1, 0.15) is 11.9 Å². The number of hydrogen-bond acceptors (Lipinski definition) is 8. The summed E-state index contributed by atoms with van der Waals surface area (Å²) in [7, 11) is -0.0199. The van der Waals surface area contributed by atoms with Gasteiger partial charge in [-0.2, -0.15) is 0 Å². The lowest BCUT2D eigenvalue weighted by Gasteiger charge is -2.32. The van der Waals surface area contributed by atoms with Crippen LogP contribution in [0.2, 0.25) is 0 Å². The van der Waals surface area contributed by atoms with Crippen molar-refractivity contribution in [1.82, 2.24) is 24.8 Å². The summed E-state index contributed by atoms with van der Waals surface area (Å²) in [4.78, 5) is 15.9. The fourth-order valence-electron chi connectivity index (χ4n) is 6.76. The third kappa shape index (κ3) is 6.93. The quantitative estimate of drug-likeness (QED) is 0.197. The molecule has 12 nitrogen and oxygen atoms in total. The van der Waals surface area contributed by atoms with Crippen LogP contribution in [-0.2, 0) is 15.4 Å². The van der Waals surface area contributed by atoms with Gasteiger partial charge in [0.15, 0.2) is 17.2 Å². The molecule has 0 radical (unpaired) electrons. The molecule has 6 rings (SSSR count). The number of nitrogens with one attached hydrogen (secondary N) is 3. The topological polar surface area (TPSA) is 139 Å². The number of rotatable bonds is 8. The molecule has 2 amide bonds. The van der Waals surface area contributed by atoms with E-state index in [1.807, 2.05) is 73.8 Å². The number of fused-ring (bicyclic) bond motifs is 2. The average Bonchev–Trinajstić information content (AvgIpc) is 3.58. The molecule has 4 aromatic rings. The number of ether oxygens (including phenoxy) is 2. The first-order chi connectivity index (χ1) is 22.7. The Labute approximate surface area is 282 Å². The van der Waals surface area contributed by atoms with Crippen LogP contribution in [0.25, 0.3) is 5.65 Å². The van der Waals surface area contributed by atoms with E-state index in [9.17, 15) is 13.2 Å². The van der Waals surface area contributed by atoms with Gasteiger partial charge in [0.2, 0.25) is 10.0 Å². The normalized spacial score (nSPS) is 21.5. The van der Waals surface area contributed by atoms with Crippen LogP contribution in [0.3, 0.4) is 0 Å². The highest BCUT2D eigenvalue weighted by atomic mass is 32.2. The number of hydrogen-bond donors (Lipinski definition) is 3. The summed E-state index contributed by atoms with van der Waals surface area (Å²) in [5, 5.41) is 15.0. The Morgan fingerprint density at radius 1 is 0.979 bits per heavy atom. The Morgan fingerprint density at radius 2 is 1.71 bits per heavy atom. The fraction of sp³-hybridized carbons (Fsp3) is 0.457. The summed E-state index contributed by atoms with van der Waals surface area (Å²) in [6, 6.07) is 15.4. The SMILES string of the molecule is COc1c(NC(=O)N[C@H]2CC[C@H](Oc3ccc4nnc([C@@H]5CC[C@H](C)N5C)n4c3)c3ccccc32)cc(C(C)(C)C)cc1NS(C)(=O)=O. The summed E-state index contributed by atoms with van der Waals surface area (Å²) in [6.45, 7) is 8.27. The molecule has 1 fully saturated rings. The number of methoxy groups -OCH3 is 1. The fourth-order valence-corrected chi connectivity index (χ4v) is 7.32. The highest BCUT2D eigenvalue weighted by Gasteiger charge is 2.33. The van der Waals surface area contributed by atoms with Crippen LogP contribution in [0, 0.1) is 0 Å². The molecule has 3 heterocycles. The van der Waals surface area contributed by atoms with Crippen molar-refractivity contribution in [3.05, 3.63) is 77.2 Å². The number of sulfonamides is 1. The van der Waals surface area contributed by atoms with E-state index in [0.29, 0.717) is 24.6 Å². The van der Waals surface area contributed by atoms with Crippen LogP contribution in [0.5, 0.6) is 11.5 Å². The standard InChI is InChI=1S/C35H45N7O5S/c1-21-12-15-29(41(21)5)33-39-38-31-17-13-23(20-42(31)33)47-30-16-14-26(24-10-8-9-11-25(24)30)36-34(43)37-27-18-22(35(2,3)4)19-28(32(27)46-6)40-48(7,44)45/h8-11,13,17-21,26,29-30,40H,12,14-16H2,1-7H3,(H2,36,37,43)/t21-,26-,29-,30-/m0/s1. The van der Waals surface area contributed by atoms with E-state index >= 15 is 0 Å². The van der Waals surface area contributed by atoms with Gasteiger partial charge in [-0.3, -0.25) is 14.0 Å². The third-order valence-electron chi connectivity index (χ3n) is 9.47. The lowest BCUT2D eigenvalue weighted by Crippen LogP contribution is -2.35. The molecule has 256 valence electrons. The molecule has 3 N–H and O–H groups in total. The van der Waals surface area contributed by atoms with Gasteiger partial charge in [0, 0.05) is 6.04 Å². The zero-order valence-corrected chi connectivity index (χ0v) is 29.4. The number of amides is 2. The number of urea groups is 1. The van der Waals surface area contributed by atoms with Crippen molar-refractivity contribution in [2.45, 2.75) is 83.0 Å². The predicted molar refractivity (Wildman–Crippen MR) is 186 cm³/mol. The first-order valence-corrected chi connectivity index (χ1v) is 18.2. The van der Waals surface area contributed by atoms with Gasteiger partial charge in [-0.05, 0) is 86.0 Å². The first kappa shape index (κ1) is 33.5. The molecule has 1 aliphatic carbocycles. The Kier molecular flexibility index (Phi) is 9.03. The summed E-state index contributed by atoms with van der Waals surface area (Å²) < 4.78 is 41.0. The third-order valence-corrected chi connectivity index (χ3v) is 10.1. The van der Waals surface area contributed by atoms with Crippen molar-refractivity contribution in [3.63, 3.8) is 0 Å². The van der Waals surface area contributed by atoms with Gasteiger partial charge in [0.05, 0.1) is 43.0 Å². The zero-order valence-electron chi connectivity index (χ0n) is 28.6. The van der Waals surface area contributed by atoms with Crippen LogP contribution in [0.1, 0.15) is 94.1 Å². The van der Waals surface area contributed by atoms with Gasteiger partial charge >= 0.3 is 6.03 Å². The molecule has 2 aliphatic rings. The van der Waals surface area contributed by atoms with Gasteiger partial charge in [-0.15, -0.1) is 10.2 Å². The molecule has 13 heteroatoms. The van der Waals surface area contributed by atoms with Crippen molar-refractivity contribution in [2.24, 2.45) is 0 Å². The van der Waals surface area contributed by atoms with Gasteiger partial charge in [-0.25, -0.2) is 13.2 Å². The lowest BCUT2D eigenvalue weighted by molar-refractivity contribution is 0.171. The molecule has 48 heavy (non-hydrogen) atoms. The van der Waals surface area contributed by atoms with Crippen LogP contribution in [-0.4, -0.2) is 60.4 Å². The van der Waals surface area contributed by atoms with Gasteiger partial charge in [0.25, 0.3) is 0 Å². The van der Waals surface area contributed by atoms with Crippen molar-refractivity contribution in [3.8, 4) is 11.5 Å². The molecule has 0 spiro atoms. The molecule has 0 unspecified atom stereocenters. The average molecular weight is 676 g/mol. The van der Waals surface area contributed by atoms with E-state index in [1.165, 1.54) is 7.11 Å². The van der Waals surface area contributed by atoms with Crippen molar-refractivity contribution >= 4 is 33.1 Å². The number of carbonyl (C=O) groups excluding carboxylic acids is 1. The maximum Gasteiger partial charge on any atom is 0.319 e. The zero-order chi connectivity index (χ0) is 34.4. The van der Waals surface area contributed by atoms with Crippen LogP contribution in [0.15, 0.2) is 54.7 Å². The molecule has 4 atom stereocenters. The summed E-state index contributed by atoms with van der Waals surface area (Å²) in [5.41, 5.74) is 3.90. The Hall–Kier alpha value is -4.36. The van der Waals surface area contributed by atoms with E-state index < -0.39 is 16.1 Å². The summed E-state index contributed by atoms with van der Waals surface area (Å²) in [5.74, 6) is 1.87. The minimum Gasteiger partial charge on any atom is -0.492 e. The van der Waals surface area contributed by atoms with Crippen LogP contribution in [0.4, 0.5) is 16.2 Å².